The van der Waals surface area contributed by atoms with E-state index >= 15 is 0 Å². The molecule has 1 aliphatic heterocycles. The molecule has 0 bridgehead atoms. The molecule has 1 atom stereocenters. The van der Waals surface area contributed by atoms with E-state index in [0.29, 0.717) is 43.4 Å². The summed E-state index contributed by atoms with van der Waals surface area (Å²) in [5, 5.41) is 3.94. The van der Waals surface area contributed by atoms with Gasteiger partial charge in [-0.1, -0.05) is 29.4 Å². The van der Waals surface area contributed by atoms with Crippen molar-refractivity contribution in [1.82, 2.24) is 15.0 Å². The number of hydrogen-bond donors (Lipinski definition) is 0. The van der Waals surface area contributed by atoms with Gasteiger partial charge in [0.05, 0.1) is 12.5 Å². The third-order valence-corrected chi connectivity index (χ3v) is 4.70. The molecule has 0 N–H and O–H groups in total. The summed E-state index contributed by atoms with van der Waals surface area (Å²) in [4.78, 5) is 18.6. The first-order valence-corrected chi connectivity index (χ1v) is 9.21. The number of halogens is 1. The molecular weight excluding hydrogens is 361 g/mol. The third-order valence-electron chi connectivity index (χ3n) is 4.70. The second kappa shape index (κ2) is 7.80. The summed E-state index contributed by atoms with van der Waals surface area (Å²) in [5.74, 6) is 1.07. The highest BCUT2D eigenvalue weighted by Crippen LogP contribution is 2.30. The van der Waals surface area contributed by atoms with E-state index in [1.165, 1.54) is 12.1 Å². The number of likely N-dealkylation sites (tertiary alicyclic amines) is 1. The minimum atomic E-state index is -0.360. The molecule has 0 aliphatic carbocycles. The first-order valence-electron chi connectivity index (χ1n) is 9.21. The maximum absolute atomic E-state index is 13.4. The first kappa shape index (κ1) is 18.2. The van der Waals surface area contributed by atoms with Crippen molar-refractivity contribution in [2.75, 3.05) is 13.2 Å². The number of rotatable bonds is 6. The highest BCUT2D eigenvalue weighted by atomic mass is 19.1. The topological polar surface area (TPSA) is 68.5 Å². The van der Waals surface area contributed by atoms with Crippen LogP contribution in [0.2, 0.25) is 0 Å². The van der Waals surface area contributed by atoms with E-state index in [4.69, 9.17) is 9.26 Å². The molecule has 0 spiro atoms. The van der Waals surface area contributed by atoms with Gasteiger partial charge >= 0.3 is 0 Å². The zero-order chi connectivity index (χ0) is 19.5. The molecule has 1 aromatic heterocycles. The quantitative estimate of drug-likeness (QED) is 0.650. The number of aromatic nitrogens is 2. The van der Waals surface area contributed by atoms with Crippen molar-refractivity contribution in [3.63, 3.8) is 0 Å². The average molecular weight is 381 g/mol. The lowest BCUT2D eigenvalue weighted by Gasteiger charge is -2.16. The molecule has 1 saturated heterocycles. The van der Waals surface area contributed by atoms with Crippen molar-refractivity contribution in [3.05, 3.63) is 65.8 Å². The van der Waals surface area contributed by atoms with Crippen molar-refractivity contribution in [2.45, 2.75) is 25.8 Å². The summed E-state index contributed by atoms with van der Waals surface area (Å²) in [5.41, 5.74) is 1.58. The van der Waals surface area contributed by atoms with Crippen LogP contribution in [0.3, 0.4) is 0 Å². The van der Waals surface area contributed by atoms with Crippen LogP contribution in [0.1, 0.15) is 30.7 Å². The maximum atomic E-state index is 13.4. The zero-order valence-corrected chi connectivity index (χ0v) is 15.5. The largest absolute Gasteiger partial charge is 0.494 e. The lowest BCUT2D eigenvalue weighted by Crippen LogP contribution is -2.24. The Kier molecular flexibility index (Phi) is 5.06. The number of benzene rings is 2. The molecular formula is C21H20FN3O3. The second-order valence-electron chi connectivity index (χ2n) is 6.72. The summed E-state index contributed by atoms with van der Waals surface area (Å²) in [6.45, 7) is 3.59. The van der Waals surface area contributed by atoms with Gasteiger partial charge in [-0.3, -0.25) is 4.79 Å². The van der Waals surface area contributed by atoms with Crippen LogP contribution in [0.4, 0.5) is 4.39 Å². The Balaban J connectivity index is 1.43. The SMILES string of the molecule is CCOc1ccc(CN2CC(c3nc(-c4cccc(F)c4)no3)CC2=O)cc1. The molecule has 4 rings (SSSR count). The summed E-state index contributed by atoms with van der Waals surface area (Å²) >= 11 is 0. The predicted octanol–water partition coefficient (Wildman–Crippen LogP) is 3.79. The van der Waals surface area contributed by atoms with Gasteiger partial charge in [0.2, 0.25) is 17.6 Å². The van der Waals surface area contributed by atoms with Crippen LogP contribution in [-0.4, -0.2) is 34.1 Å². The average Bonchev–Trinajstić information content (AvgIpc) is 3.31. The zero-order valence-electron chi connectivity index (χ0n) is 15.5. The van der Waals surface area contributed by atoms with E-state index in [9.17, 15) is 9.18 Å². The van der Waals surface area contributed by atoms with Crippen molar-refractivity contribution >= 4 is 5.91 Å². The van der Waals surface area contributed by atoms with Gasteiger partial charge in [0.15, 0.2) is 0 Å². The van der Waals surface area contributed by atoms with Gasteiger partial charge in [-0.05, 0) is 36.8 Å². The van der Waals surface area contributed by atoms with Crippen LogP contribution in [0.25, 0.3) is 11.4 Å². The van der Waals surface area contributed by atoms with E-state index < -0.39 is 0 Å². The highest BCUT2D eigenvalue weighted by molar-refractivity contribution is 5.79. The fourth-order valence-electron chi connectivity index (χ4n) is 3.31. The molecule has 1 fully saturated rings. The minimum Gasteiger partial charge on any atom is -0.494 e. The number of nitrogens with zero attached hydrogens (tertiary/aromatic N) is 3. The molecule has 3 aromatic rings. The van der Waals surface area contributed by atoms with Crippen LogP contribution in [0, 0.1) is 5.82 Å². The molecule has 1 aliphatic rings. The molecule has 7 heteroatoms. The Hall–Kier alpha value is -3.22. The molecule has 1 unspecified atom stereocenters. The number of ether oxygens (including phenoxy) is 1. The minimum absolute atomic E-state index is 0.0457. The monoisotopic (exact) mass is 381 g/mol. The molecule has 2 heterocycles. The van der Waals surface area contributed by atoms with E-state index in [1.807, 2.05) is 31.2 Å². The van der Waals surface area contributed by atoms with Crippen molar-refractivity contribution in [1.29, 1.82) is 0 Å². The van der Waals surface area contributed by atoms with Gasteiger partial charge in [-0.2, -0.15) is 4.98 Å². The number of hydrogen-bond acceptors (Lipinski definition) is 5. The van der Waals surface area contributed by atoms with Crippen molar-refractivity contribution in [2.24, 2.45) is 0 Å². The van der Waals surface area contributed by atoms with Crippen LogP contribution < -0.4 is 4.74 Å². The van der Waals surface area contributed by atoms with Crippen LogP contribution >= 0.6 is 0 Å². The van der Waals surface area contributed by atoms with Crippen LogP contribution in [0.15, 0.2) is 53.1 Å². The molecule has 0 saturated carbocycles. The second-order valence-corrected chi connectivity index (χ2v) is 6.72. The molecule has 2 aromatic carbocycles. The Labute approximate surface area is 161 Å². The normalized spacial score (nSPS) is 16.6. The highest BCUT2D eigenvalue weighted by Gasteiger charge is 2.34. The first-order chi connectivity index (χ1) is 13.6. The van der Waals surface area contributed by atoms with Gasteiger partial charge < -0.3 is 14.2 Å². The fraction of sp³-hybridized carbons (Fsp3) is 0.286. The van der Waals surface area contributed by atoms with E-state index in [-0.39, 0.29) is 17.6 Å². The van der Waals surface area contributed by atoms with Gasteiger partial charge in [0, 0.05) is 25.1 Å². The van der Waals surface area contributed by atoms with Gasteiger partial charge in [-0.15, -0.1) is 0 Å². The van der Waals surface area contributed by atoms with E-state index in [0.717, 1.165) is 11.3 Å². The Bertz CT molecular complexity index is 971. The molecule has 0 radical (unpaired) electrons. The van der Waals surface area contributed by atoms with E-state index in [2.05, 4.69) is 10.1 Å². The standard InChI is InChI=1S/C21H20FN3O3/c1-2-27-18-8-6-14(7-9-18)12-25-13-16(11-19(25)26)21-23-20(24-28-21)15-4-3-5-17(22)10-15/h3-10,16H,2,11-13H2,1H3. The number of carbonyl (C=O) groups is 1. The van der Waals surface area contributed by atoms with Crippen molar-refractivity contribution < 1.29 is 18.4 Å². The lowest BCUT2D eigenvalue weighted by atomic mass is 10.1. The Morgan fingerprint density at radius 1 is 1.25 bits per heavy atom. The summed E-state index contributed by atoms with van der Waals surface area (Å²) < 4.78 is 24.2. The van der Waals surface area contributed by atoms with Gasteiger partial charge in [-0.25, -0.2) is 4.39 Å². The predicted molar refractivity (Wildman–Crippen MR) is 100 cm³/mol. The maximum Gasteiger partial charge on any atom is 0.232 e. The number of carbonyl (C=O) groups excluding carboxylic acids is 1. The summed E-state index contributed by atoms with van der Waals surface area (Å²) in [7, 11) is 0. The Morgan fingerprint density at radius 3 is 2.82 bits per heavy atom. The molecule has 6 nitrogen and oxygen atoms in total. The lowest BCUT2D eigenvalue weighted by molar-refractivity contribution is -0.128. The smallest absolute Gasteiger partial charge is 0.232 e. The van der Waals surface area contributed by atoms with Gasteiger partial charge in [0.1, 0.15) is 11.6 Å². The van der Waals surface area contributed by atoms with Crippen LogP contribution in [0.5, 0.6) is 5.75 Å². The molecule has 144 valence electrons. The van der Waals surface area contributed by atoms with Gasteiger partial charge in [0.25, 0.3) is 0 Å². The van der Waals surface area contributed by atoms with E-state index in [1.54, 1.807) is 17.0 Å². The number of amides is 1. The summed E-state index contributed by atoms with van der Waals surface area (Å²) in [6, 6.07) is 13.8. The van der Waals surface area contributed by atoms with Crippen LogP contribution in [-0.2, 0) is 11.3 Å². The molecule has 28 heavy (non-hydrogen) atoms. The van der Waals surface area contributed by atoms with Crippen molar-refractivity contribution in [3.8, 4) is 17.1 Å². The molecule has 1 amide bonds. The Morgan fingerprint density at radius 2 is 2.07 bits per heavy atom. The fourth-order valence-corrected chi connectivity index (χ4v) is 3.31. The summed E-state index contributed by atoms with van der Waals surface area (Å²) in [6.07, 6.45) is 0.321. The third kappa shape index (κ3) is 3.88.